The molecule has 2 aromatic carbocycles. The van der Waals surface area contributed by atoms with Crippen LogP contribution in [0, 0.1) is 19.7 Å². The molecule has 1 heterocycles. The summed E-state index contributed by atoms with van der Waals surface area (Å²) in [6.07, 6.45) is 0. The first-order valence-electron chi connectivity index (χ1n) is 8.19. The zero-order valence-electron chi connectivity index (χ0n) is 14.6. The fraction of sp³-hybridized carbons (Fsp3) is 0.200. The van der Waals surface area contributed by atoms with Gasteiger partial charge in [0.15, 0.2) is 5.43 Å². The second kappa shape index (κ2) is 7.74. The minimum absolute atomic E-state index is 0.116. The van der Waals surface area contributed by atoms with Gasteiger partial charge in [-0.2, -0.15) is 0 Å². The number of para-hydroxylation sites is 1. The van der Waals surface area contributed by atoms with Crippen LogP contribution < -0.4 is 10.7 Å². The van der Waals surface area contributed by atoms with Crippen LogP contribution in [0.4, 0.5) is 10.1 Å². The third-order valence-electron chi connectivity index (χ3n) is 3.87. The maximum Gasteiger partial charge on any atom is 0.234 e. The van der Waals surface area contributed by atoms with Gasteiger partial charge in [-0.15, -0.1) is 11.8 Å². The summed E-state index contributed by atoms with van der Waals surface area (Å²) >= 11 is 1.36. The van der Waals surface area contributed by atoms with Crippen molar-refractivity contribution in [2.75, 3.05) is 11.1 Å². The number of aromatic nitrogens is 1. The van der Waals surface area contributed by atoms with E-state index in [-0.39, 0.29) is 22.6 Å². The molecular weight excluding hydrogens is 351 g/mol. The van der Waals surface area contributed by atoms with E-state index in [4.69, 9.17) is 0 Å². The molecule has 0 fully saturated rings. The Morgan fingerprint density at radius 3 is 2.62 bits per heavy atom. The van der Waals surface area contributed by atoms with Crippen molar-refractivity contribution in [1.82, 2.24) is 4.98 Å². The molecule has 0 aliphatic rings. The molecule has 26 heavy (non-hydrogen) atoms. The number of hydrogen-bond acceptors (Lipinski definition) is 3. The molecule has 0 aliphatic heterocycles. The second-order valence-corrected chi connectivity index (χ2v) is 7.22. The van der Waals surface area contributed by atoms with Crippen LogP contribution in [0.3, 0.4) is 0 Å². The molecule has 0 saturated heterocycles. The number of hydrogen-bond donors (Lipinski definition) is 2. The van der Waals surface area contributed by atoms with Gasteiger partial charge in [-0.1, -0.05) is 12.1 Å². The minimum atomic E-state index is -0.459. The summed E-state index contributed by atoms with van der Waals surface area (Å²) in [6, 6.07) is 11.7. The number of benzene rings is 2. The summed E-state index contributed by atoms with van der Waals surface area (Å²) in [7, 11) is 0. The van der Waals surface area contributed by atoms with Gasteiger partial charge in [0.2, 0.25) is 5.91 Å². The molecule has 6 heteroatoms. The van der Waals surface area contributed by atoms with Crippen LogP contribution in [-0.2, 0) is 10.5 Å². The Hall–Kier alpha value is -2.60. The number of halogens is 1. The third-order valence-corrected chi connectivity index (χ3v) is 4.85. The number of rotatable bonds is 5. The quantitative estimate of drug-likeness (QED) is 0.709. The number of aryl methyl sites for hydroxylation is 2. The van der Waals surface area contributed by atoms with E-state index in [1.165, 1.54) is 30.0 Å². The number of amides is 1. The summed E-state index contributed by atoms with van der Waals surface area (Å²) in [5, 5.41) is 3.19. The van der Waals surface area contributed by atoms with Crippen molar-refractivity contribution in [3.63, 3.8) is 0 Å². The van der Waals surface area contributed by atoms with Crippen LogP contribution in [0.5, 0.6) is 0 Å². The van der Waals surface area contributed by atoms with Crippen LogP contribution in [0.15, 0.2) is 47.3 Å². The van der Waals surface area contributed by atoms with Crippen LogP contribution in [-0.4, -0.2) is 16.6 Å². The lowest BCUT2D eigenvalue weighted by Crippen LogP contribution is -2.14. The predicted molar refractivity (Wildman–Crippen MR) is 105 cm³/mol. The van der Waals surface area contributed by atoms with Gasteiger partial charge >= 0.3 is 0 Å². The number of fused-ring (bicyclic) bond motifs is 1. The van der Waals surface area contributed by atoms with Crippen molar-refractivity contribution in [3.05, 3.63) is 75.3 Å². The number of thioether (sulfide) groups is 1. The molecule has 1 aromatic heterocycles. The van der Waals surface area contributed by atoms with Gasteiger partial charge in [0.1, 0.15) is 5.82 Å². The van der Waals surface area contributed by atoms with Crippen molar-refractivity contribution in [1.29, 1.82) is 0 Å². The average molecular weight is 370 g/mol. The maximum absolute atomic E-state index is 13.9. The second-order valence-electron chi connectivity index (χ2n) is 6.24. The number of pyridine rings is 1. The Morgan fingerprint density at radius 2 is 1.88 bits per heavy atom. The normalized spacial score (nSPS) is 10.9. The Kier molecular flexibility index (Phi) is 5.42. The summed E-state index contributed by atoms with van der Waals surface area (Å²) in [4.78, 5) is 27.1. The Balaban J connectivity index is 1.62. The van der Waals surface area contributed by atoms with Crippen molar-refractivity contribution >= 4 is 34.3 Å². The fourth-order valence-corrected chi connectivity index (χ4v) is 3.60. The van der Waals surface area contributed by atoms with E-state index in [0.717, 1.165) is 16.8 Å². The van der Waals surface area contributed by atoms with E-state index in [2.05, 4.69) is 10.3 Å². The largest absolute Gasteiger partial charge is 0.355 e. The standard InChI is InChI=1S/C20H19FN2O2S/c1-12-6-13(2)8-14(7-12)22-19(25)11-26-10-15-9-18(24)16-4-3-5-17(21)20(16)23-15/h3-9H,10-11H2,1-2H3,(H,22,25)(H,23,24). The van der Waals surface area contributed by atoms with Gasteiger partial charge in [-0.05, 0) is 49.2 Å². The molecule has 1 amide bonds. The van der Waals surface area contributed by atoms with Gasteiger partial charge in [0.25, 0.3) is 0 Å². The molecule has 4 nitrogen and oxygen atoms in total. The molecule has 0 spiro atoms. The summed E-state index contributed by atoms with van der Waals surface area (Å²) in [5.41, 5.74) is 3.52. The molecule has 0 atom stereocenters. The summed E-state index contributed by atoms with van der Waals surface area (Å²) in [6.45, 7) is 3.96. The van der Waals surface area contributed by atoms with Crippen LogP contribution in [0.1, 0.15) is 16.8 Å². The number of anilines is 1. The highest BCUT2D eigenvalue weighted by Crippen LogP contribution is 2.17. The van der Waals surface area contributed by atoms with Gasteiger partial charge in [0.05, 0.1) is 11.3 Å². The number of aromatic amines is 1. The molecule has 0 saturated carbocycles. The third kappa shape index (κ3) is 4.32. The van der Waals surface area contributed by atoms with E-state index >= 15 is 0 Å². The lowest BCUT2D eigenvalue weighted by Gasteiger charge is -2.08. The minimum Gasteiger partial charge on any atom is -0.355 e. The number of carbonyl (C=O) groups excluding carboxylic acids is 1. The first-order valence-corrected chi connectivity index (χ1v) is 9.34. The lowest BCUT2D eigenvalue weighted by molar-refractivity contribution is -0.113. The van der Waals surface area contributed by atoms with Crippen molar-refractivity contribution in [2.45, 2.75) is 19.6 Å². The topological polar surface area (TPSA) is 62.0 Å². The molecule has 0 unspecified atom stereocenters. The molecule has 0 radical (unpaired) electrons. The van der Waals surface area contributed by atoms with E-state index < -0.39 is 5.82 Å². The molecule has 3 aromatic rings. The van der Waals surface area contributed by atoms with Crippen LogP contribution >= 0.6 is 11.8 Å². The Morgan fingerprint density at radius 1 is 1.15 bits per heavy atom. The van der Waals surface area contributed by atoms with Gasteiger partial charge in [-0.3, -0.25) is 9.59 Å². The van der Waals surface area contributed by atoms with Gasteiger partial charge in [0, 0.05) is 28.6 Å². The van der Waals surface area contributed by atoms with E-state index in [0.29, 0.717) is 16.8 Å². The van der Waals surface area contributed by atoms with Crippen molar-refractivity contribution in [3.8, 4) is 0 Å². The summed E-state index contributed by atoms with van der Waals surface area (Å²) < 4.78 is 13.9. The van der Waals surface area contributed by atoms with E-state index in [1.54, 1.807) is 6.07 Å². The maximum atomic E-state index is 13.9. The zero-order valence-corrected chi connectivity index (χ0v) is 15.4. The molecule has 3 rings (SSSR count). The average Bonchev–Trinajstić information content (AvgIpc) is 2.55. The highest BCUT2D eigenvalue weighted by molar-refractivity contribution is 7.99. The first kappa shape index (κ1) is 18.2. The van der Waals surface area contributed by atoms with Gasteiger partial charge < -0.3 is 10.3 Å². The zero-order chi connectivity index (χ0) is 18.7. The molecule has 0 aliphatic carbocycles. The number of H-pyrrole nitrogens is 1. The number of carbonyl (C=O) groups is 1. The molecule has 2 N–H and O–H groups in total. The van der Waals surface area contributed by atoms with Crippen LogP contribution in [0.2, 0.25) is 0 Å². The molecule has 134 valence electrons. The van der Waals surface area contributed by atoms with E-state index in [1.807, 2.05) is 32.0 Å². The summed E-state index contributed by atoms with van der Waals surface area (Å²) in [5.74, 6) is 0.0812. The van der Waals surface area contributed by atoms with Crippen molar-refractivity contribution in [2.24, 2.45) is 0 Å². The number of nitrogens with one attached hydrogen (secondary N) is 2. The lowest BCUT2D eigenvalue weighted by atomic mass is 10.1. The molecule has 0 bridgehead atoms. The highest BCUT2D eigenvalue weighted by Gasteiger charge is 2.08. The Bertz CT molecular complexity index is 1010. The van der Waals surface area contributed by atoms with Crippen LogP contribution in [0.25, 0.3) is 10.9 Å². The molecular formula is C20H19FN2O2S. The highest BCUT2D eigenvalue weighted by atomic mass is 32.2. The fourth-order valence-electron chi connectivity index (χ4n) is 2.86. The van der Waals surface area contributed by atoms with Gasteiger partial charge in [-0.25, -0.2) is 4.39 Å². The Labute approximate surface area is 154 Å². The smallest absolute Gasteiger partial charge is 0.234 e. The predicted octanol–water partition coefficient (Wildman–Crippen LogP) is 4.16. The SMILES string of the molecule is Cc1cc(C)cc(NC(=O)CSCc2cc(=O)c3cccc(F)c3[nH]2)c1. The van der Waals surface area contributed by atoms with Crippen molar-refractivity contribution < 1.29 is 9.18 Å². The first-order chi connectivity index (χ1) is 12.4. The monoisotopic (exact) mass is 370 g/mol. The van der Waals surface area contributed by atoms with E-state index in [9.17, 15) is 14.0 Å².